The molecule has 21 heavy (non-hydrogen) atoms. The molecule has 2 rings (SSSR count). The van der Waals surface area contributed by atoms with Crippen molar-refractivity contribution >= 4 is 10.9 Å². The van der Waals surface area contributed by atoms with Gasteiger partial charge in [-0.2, -0.15) is 13.2 Å². The third kappa shape index (κ3) is 4.68. The molecule has 0 saturated carbocycles. The van der Waals surface area contributed by atoms with Gasteiger partial charge in [-0.15, -0.1) is 0 Å². The Bertz CT molecular complexity index is 586. The highest BCUT2D eigenvalue weighted by Crippen LogP contribution is 2.21. The van der Waals surface area contributed by atoms with Crippen molar-refractivity contribution in [3.8, 4) is 0 Å². The summed E-state index contributed by atoms with van der Waals surface area (Å²) in [4.78, 5) is 4.28. The van der Waals surface area contributed by atoms with Crippen molar-refractivity contribution in [2.45, 2.75) is 18.6 Å². The molecule has 0 amide bonds. The molecule has 0 saturated heterocycles. The summed E-state index contributed by atoms with van der Waals surface area (Å²) in [6.45, 7) is -1.16. The number of pyridine rings is 1. The van der Waals surface area contributed by atoms with Crippen LogP contribution in [0.4, 0.5) is 13.2 Å². The highest BCUT2D eigenvalue weighted by Gasteiger charge is 2.27. The van der Waals surface area contributed by atoms with Crippen LogP contribution in [0, 0.1) is 0 Å². The van der Waals surface area contributed by atoms with Gasteiger partial charge in [-0.1, -0.05) is 18.2 Å². The lowest BCUT2D eigenvalue weighted by Gasteiger charge is -2.17. The number of fused-ring (bicyclic) bond motifs is 1. The van der Waals surface area contributed by atoms with Gasteiger partial charge in [0.1, 0.15) is 6.61 Å². The SMILES string of the molecule is CNC(CCOCC(F)(F)F)c1ccc2cccnc2c1. The molecule has 1 heterocycles. The Balaban J connectivity index is 1.99. The number of halogens is 3. The highest BCUT2D eigenvalue weighted by molar-refractivity contribution is 5.78. The van der Waals surface area contributed by atoms with E-state index in [0.717, 1.165) is 16.5 Å². The fourth-order valence-corrected chi connectivity index (χ4v) is 2.17. The summed E-state index contributed by atoms with van der Waals surface area (Å²) in [5, 5.41) is 4.12. The van der Waals surface area contributed by atoms with Gasteiger partial charge in [0.2, 0.25) is 0 Å². The Labute approximate surface area is 121 Å². The summed E-state index contributed by atoms with van der Waals surface area (Å²) in [5.74, 6) is 0. The number of rotatable bonds is 6. The van der Waals surface area contributed by atoms with Gasteiger partial charge < -0.3 is 10.1 Å². The molecule has 0 aliphatic heterocycles. The minimum atomic E-state index is -4.28. The number of benzene rings is 1. The van der Waals surface area contributed by atoms with Crippen LogP contribution in [-0.4, -0.2) is 31.4 Å². The number of aromatic nitrogens is 1. The maximum atomic E-state index is 12.0. The van der Waals surface area contributed by atoms with Crippen LogP contribution in [0.25, 0.3) is 10.9 Å². The largest absolute Gasteiger partial charge is 0.411 e. The van der Waals surface area contributed by atoms with Crippen LogP contribution < -0.4 is 5.32 Å². The summed E-state index contributed by atoms with van der Waals surface area (Å²) in [7, 11) is 1.77. The summed E-state index contributed by atoms with van der Waals surface area (Å²) >= 11 is 0. The second-order valence-corrected chi connectivity index (χ2v) is 4.75. The van der Waals surface area contributed by atoms with Gasteiger partial charge in [-0.3, -0.25) is 4.98 Å². The number of nitrogens with zero attached hydrogens (tertiary/aromatic N) is 1. The third-order valence-electron chi connectivity index (χ3n) is 3.20. The van der Waals surface area contributed by atoms with Crippen LogP contribution in [-0.2, 0) is 4.74 Å². The Hall–Kier alpha value is -1.66. The Morgan fingerprint density at radius 2 is 2.10 bits per heavy atom. The Kier molecular flexibility index (Phi) is 5.14. The number of alkyl halides is 3. The van der Waals surface area contributed by atoms with Crippen LogP contribution in [0.2, 0.25) is 0 Å². The fourth-order valence-electron chi connectivity index (χ4n) is 2.17. The second-order valence-electron chi connectivity index (χ2n) is 4.75. The van der Waals surface area contributed by atoms with Gasteiger partial charge in [-0.25, -0.2) is 0 Å². The number of hydrogen-bond donors (Lipinski definition) is 1. The molecular weight excluding hydrogens is 281 g/mol. The minimum absolute atomic E-state index is 0.0469. The molecule has 0 aliphatic carbocycles. The Morgan fingerprint density at radius 3 is 2.81 bits per heavy atom. The van der Waals surface area contributed by atoms with Crippen LogP contribution in [0.3, 0.4) is 0 Å². The van der Waals surface area contributed by atoms with E-state index in [1.165, 1.54) is 0 Å². The average Bonchev–Trinajstić information content (AvgIpc) is 2.46. The zero-order valence-corrected chi connectivity index (χ0v) is 11.7. The molecule has 0 bridgehead atoms. The first-order valence-electron chi connectivity index (χ1n) is 6.66. The van der Waals surface area contributed by atoms with E-state index in [1.807, 2.05) is 30.3 Å². The van der Waals surface area contributed by atoms with Gasteiger partial charge in [-0.05, 0) is 31.2 Å². The van der Waals surface area contributed by atoms with Gasteiger partial charge in [0.25, 0.3) is 0 Å². The van der Waals surface area contributed by atoms with E-state index < -0.39 is 12.8 Å². The standard InChI is InChI=1S/C15H17F3N2O/c1-19-13(6-8-21-10-15(16,17)18)12-5-4-11-3-2-7-20-14(11)9-12/h2-5,7,9,13,19H,6,8,10H2,1H3. The summed E-state index contributed by atoms with van der Waals surface area (Å²) in [6, 6.07) is 9.62. The molecule has 0 spiro atoms. The van der Waals surface area contributed by atoms with Gasteiger partial charge in [0.05, 0.1) is 5.52 Å². The molecule has 114 valence electrons. The third-order valence-corrected chi connectivity index (χ3v) is 3.20. The molecule has 1 N–H and O–H groups in total. The van der Waals surface area contributed by atoms with Crippen LogP contribution in [0.1, 0.15) is 18.0 Å². The quantitative estimate of drug-likeness (QED) is 0.829. The van der Waals surface area contributed by atoms with Crippen molar-refractivity contribution < 1.29 is 17.9 Å². The van der Waals surface area contributed by atoms with E-state index in [9.17, 15) is 13.2 Å². The predicted octanol–water partition coefficient (Wildman–Crippen LogP) is 3.46. The molecule has 0 aliphatic rings. The summed E-state index contributed by atoms with van der Waals surface area (Å²) < 4.78 is 40.7. The lowest BCUT2D eigenvalue weighted by atomic mass is 10.0. The molecule has 2 aromatic rings. The fraction of sp³-hybridized carbons (Fsp3) is 0.400. The molecule has 0 radical (unpaired) electrons. The first kappa shape index (κ1) is 15.7. The molecule has 1 aromatic carbocycles. The zero-order chi connectivity index (χ0) is 15.3. The van der Waals surface area contributed by atoms with E-state index in [4.69, 9.17) is 0 Å². The van der Waals surface area contributed by atoms with E-state index in [0.29, 0.717) is 6.42 Å². The lowest BCUT2D eigenvalue weighted by molar-refractivity contribution is -0.174. The molecular formula is C15H17F3N2O. The van der Waals surface area contributed by atoms with E-state index in [-0.39, 0.29) is 12.6 Å². The smallest absolute Gasteiger partial charge is 0.372 e. The first-order chi connectivity index (χ1) is 9.99. The molecule has 1 aromatic heterocycles. The molecule has 1 unspecified atom stereocenters. The van der Waals surface area contributed by atoms with E-state index >= 15 is 0 Å². The van der Waals surface area contributed by atoms with Gasteiger partial charge >= 0.3 is 6.18 Å². The number of hydrogen-bond acceptors (Lipinski definition) is 3. The van der Waals surface area contributed by atoms with Crippen LogP contribution in [0.5, 0.6) is 0 Å². The Morgan fingerprint density at radius 1 is 1.29 bits per heavy atom. The van der Waals surface area contributed by atoms with Crippen molar-refractivity contribution in [1.29, 1.82) is 0 Å². The van der Waals surface area contributed by atoms with E-state index in [2.05, 4.69) is 15.0 Å². The van der Waals surface area contributed by atoms with Crippen LogP contribution >= 0.6 is 0 Å². The second kappa shape index (κ2) is 6.87. The summed E-state index contributed by atoms with van der Waals surface area (Å²) in [5.41, 5.74) is 1.85. The average molecular weight is 298 g/mol. The van der Waals surface area contributed by atoms with Crippen molar-refractivity contribution in [2.24, 2.45) is 0 Å². The lowest BCUT2D eigenvalue weighted by Crippen LogP contribution is -2.21. The number of nitrogens with one attached hydrogen (secondary N) is 1. The maximum absolute atomic E-state index is 12.0. The van der Waals surface area contributed by atoms with Crippen molar-refractivity contribution in [3.05, 3.63) is 42.1 Å². The predicted molar refractivity (Wildman–Crippen MR) is 75.0 cm³/mol. The first-order valence-corrected chi connectivity index (χ1v) is 6.66. The van der Waals surface area contributed by atoms with Crippen LogP contribution in [0.15, 0.2) is 36.5 Å². The van der Waals surface area contributed by atoms with E-state index in [1.54, 1.807) is 13.2 Å². The van der Waals surface area contributed by atoms with Crippen molar-refractivity contribution in [2.75, 3.05) is 20.3 Å². The topological polar surface area (TPSA) is 34.1 Å². The normalized spacial score (nSPS) is 13.5. The molecule has 3 nitrogen and oxygen atoms in total. The van der Waals surface area contributed by atoms with Gasteiger partial charge in [0, 0.05) is 24.2 Å². The molecule has 1 atom stereocenters. The van der Waals surface area contributed by atoms with Gasteiger partial charge in [0.15, 0.2) is 0 Å². The number of ether oxygens (including phenoxy) is 1. The highest BCUT2D eigenvalue weighted by atomic mass is 19.4. The minimum Gasteiger partial charge on any atom is -0.372 e. The molecule has 0 fully saturated rings. The van der Waals surface area contributed by atoms with Crippen molar-refractivity contribution in [1.82, 2.24) is 10.3 Å². The zero-order valence-electron chi connectivity index (χ0n) is 11.7. The molecule has 6 heteroatoms. The van der Waals surface area contributed by atoms with Crippen molar-refractivity contribution in [3.63, 3.8) is 0 Å². The monoisotopic (exact) mass is 298 g/mol. The summed E-state index contributed by atoms with van der Waals surface area (Å²) in [6.07, 6.45) is -2.10. The maximum Gasteiger partial charge on any atom is 0.411 e.